The summed E-state index contributed by atoms with van der Waals surface area (Å²) in [6.07, 6.45) is 0. The van der Waals surface area contributed by atoms with Crippen molar-refractivity contribution in [1.82, 2.24) is 0 Å². The van der Waals surface area contributed by atoms with Gasteiger partial charge in [-0.25, -0.2) is 0 Å². The summed E-state index contributed by atoms with van der Waals surface area (Å²) in [6, 6.07) is 61.7. The lowest BCUT2D eigenvalue weighted by atomic mass is 9.85. The largest absolute Gasteiger partial charge is 0.456 e. The van der Waals surface area contributed by atoms with Crippen LogP contribution in [0.4, 0.5) is 0 Å². The fourth-order valence-electron chi connectivity index (χ4n) is 7.58. The topological polar surface area (TPSA) is 13.1 Å². The number of hydrogen-bond donors (Lipinski definition) is 0. The van der Waals surface area contributed by atoms with Gasteiger partial charge in [-0.15, -0.1) is 0 Å². The molecule has 47 heavy (non-hydrogen) atoms. The molecule has 0 spiro atoms. The van der Waals surface area contributed by atoms with Crippen molar-refractivity contribution in [2.24, 2.45) is 0 Å². The Bertz CT molecular complexity index is 2800. The van der Waals surface area contributed by atoms with Gasteiger partial charge in [-0.3, -0.25) is 0 Å². The molecule has 1 heteroatoms. The van der Waals surface area contributed by atoms with Gasteiger partial charge < -0.3 is 4.42 Å². The standard InChI is InChI=1S/C46H28O/c1-2-10-30-25-31(18-17-29(30)9-1)32-19-20-34-27-35(22-21-33(34)26-32)45-39-12-3-5-14-41(39)46(42-15-6-4-13-40(42)45)36-23-24-38-37-11-7-8-16-43(37)47-44(38)28-36/h1-28H. The first-order valence-electron chi connectivity index (χ1n) is 16.2. The van der Waals surface area contributed by atoms with Crippen LogP contribution in [0.1, 0.15) is 0 Å². The van der Waals surface area contributed by atoms with E-state index < -0.39 is 0 Å². The normalized spacial score (nSPS) is 11.8. The van der Waals surface area contributed by atoms with Crippen molar-refractivity contribution in [2.75, 3.05) is 0 Å². The van der Waals surface area contributed by atoms with Crippen LogP contribution < -0.4 is 0 Å². The summed E-state index contributed by atoms with van der Waals surface area (Å²) in [7, 11) is 0. The molecule has 10 rings (SSSR count). The summed E-state index contributed by atoms with van der Waals surface area (Å²) in [5.74, 6) is 0. The van der Waals surface area contributed by atoms with Gasteiger partial charge in [-0.05, 0) is 113 Å². The summed E-state index contributed by atoms with van der Waals surface area (Å²) in [5, 5.41) is 12.3. The Morgan fingerprint density at radius 3 is 1.30 bits per heavy atom. The molecule has 0 saturated heterocycles. The van der Waals surface area contributed by atoms with Gasteiger partial charge >= 0.3 is 0 Å². The van der Waals surface area contributed by atoms with Crippen LogP contribution in [0, 0.1) is 0 Å². The average molecular weight is 597 g/mol. The zero-order valence-electron chi connectivity index (χ0n) is 25.6. The number of para-hydroxylation sites is 1. The molecule has 0 amide bonds. The molecule has 1 heterocycles. The Morgan fingerprint density at radius 2 is 0.660 bits per heavy atom. The Morgan fingerprint density at radius 1 is 0.255 bits per heavy atom. The monoisotopic (exact) mass is 596 g/mol. The van der Waals surface area contributed by atoms with Crippen molar-refractivity contribution in [3.05, 3.63) is 170 Å². The second-order valence-electron chi connectivity index (χ2n) is 12.5. The van der Waals surface area contributed by atoms with Crippen LogP contribution in [0.25, 0.3) is 98.4 Å². The lowest BCUT2D eigenvalue weighted by Crippen LogP contribution is -1.91. The average Bonchev–Trinajstić information content (AvgIpc) is 3.51. The van der Waals surface area contributed by atoms with Crippen LogP contribution in [0.15, 0.2) is 174 Å². The Hall–Kier alpha value is -6.18. The fourth-order valence-corrected chi connectivity index (χ4v) is 7.58. The predicted molar refractivity (Wildman–Crippen MR) is 200 cm³/mol. The quantitative estimate of drug-likeness (QED) is 0.185. The van der Waals surface area contributed by atoms with Crippen molar-refractivity contribution in [1.29, 1.82) is 0 Å². The molecule has 0 saturated carbocycles. The van der Waals surface area contributed by atoms with Gasteiger partial charge in [0.1, 0.15) is 11.2 Å². The first-order chi connectivity index (χ1) is 23.3. The van der Waals surface area contributed by atoms with Gasteiger partial charge in [-0.1, -0.05) is 133 Å². The first-order valence-corrected chi connectivity index (χ1v) is 16.2. The minimum atomic E-state index is 0.915. The highest BCUT2D eigenvalue weighted by Gasteiger charge is 2.18. The van der Waals surface area contributed by atoms with Crippen LogP contribution >= 0.6 is 0 Å². The van der Waals surface area contributed by atoms with Gasteiger partial charge in [0.05, 0.1) is 0 Å². The predicted octanol–water partition coefficient (Wildman–Crippen LogP) is 13.2. The lowest BCUT2D eigenvalue weighted by Gasteiger charge is -2.18. The van der Waals surface area contributed by atoms with Crippen molar-refractivity contribution >= 4 is 65.0 Å². The van der Waals surface area contributed by atoms with Crippen LogP contribution in [0.3, 0.4) is 0 Å². The van der Waals surface area contributed by atoms with Crippen molar-refractivity contribution < 1.29 is 4.42 Å². The highest BCUT2D eigenvalue weighted by atomic mass is 16.3. The zero-order chi connectivity index (χ0) is 30.9. The summed E-state index contributed by atoms with van der Waals surface area (Å²) >= 11 is 0. The number of hydrogen-bond acceptors (Lipinski definition) is 1. The fraction of sp³-hybridized carbons (Fsp3) is 0. The number of benzene rings is 9. The molecule has 0 aliphatic rings. The van der Waals surface area contributed by atoms with E-state index in [1.807, 2.05) is 12.1 Å². The molecular formula is C46H28O. The Labute approximate surface area is 271 Å². The molecule has 0 radical (unpaired) electrons. The molecule has 10 aromatic rings. The molecular weight excluding hydrogens is 569 g/mol. The van der Waals surface area contributed by atoms with Crippen molar-refractivity contribution in [3.8, 4) is 33.4 Å². The van der Waals surface area contributed by atoms with Gasteiger partial charge in [-0.2, -0.15) is 0 Å². The number of fused-ring (bicyclic) bond motifs is 7. The number of furan rings is 1. The summed E-state index contributed by atoms with van der Waals surface area (Å²) in [4.78, 5) is 0. The SMILES string of the molecule is c1ccc2cc(-c3ccc4cc(-c5c6ccccc6c(-c6ccc7c(c6)oc6ccccc67)c6ccccc56)ccc4c3)ccc2c1. The van der Waals surface area contributed by atoms with Gasteiger partial charge in [0, 0.05) is 10.8 Å². The van der Waals surface area contributed by atoms with Crippen LogP contribution in [0.5, 0.6) is 0 Å². The van der Waals surface area contributed by atoms with Crippen molar-refractivity contribution in [3.63, 3.8) is 0 Å². The molecule has 0 N–H and O–H groups in total. The zero-order valence-corrected chi connectivity index (χ0v) is 25.6. The summed E-state index contributed by atoms with van der Waals surface area (Å²) < 4.78 is 6.33. The van der Waals surface area contributed by atoms with E-state index in [2.05, 4.69) is 158 Å². The molecule has 218 valence electrons. The molecule has 9 aromatic carbocycles. The molecule has 1 aromatic heterocycles. The van der Waals surface area contributed by atoms with E-state index in [1.165, 1.54) is 70.9 Å². The maximum absolute atomic E-state index is 6.33. The maximum Gasteiger partial charge on any atom is 0.136 e. The third-order valence-corrected chi connectivity index (χ3v) is 9.81. The van der Waals surface area contributed by atoms with E-state index in [0.29, 0.717) is 0 Å². The maximum atomic E-state index is 6.33. The molecule has 0 aliphatic heterocycles. The second-order valence-corrected chi connectivity index (χ2v) is 12.5. The van der Waals surface area contributed by atoms with Gasteiger partial charge in [0.2, 0.25) is 0 Å². The van der Waals surface area contributed by atoms with Crippen LogP contribution in [0.2, 0.25) is 0 Å². The van der Waals surface area contributed by atoms with Crippen LogP contribution in [-0.4, -0.2) is 0 Å². The lowest BCUT2D eigenvalue weighted by molar-refractivity contribution is 0.669. The van der Waals surface area contributed by atoms with Crippen molar-refractivity contribution in [2.45, 2.75) is 0 Å². The molecule has 0 aliphatic carbocycles. The van der Waals surface area contributed by atoms with E-state index in [0.717, 1.165) is 27.5 Å². The summed E-state index contributed by atoms with van der Waals surface area (Å²) in [6.45, 7) is 0. The van der Waals surface area contributed by atoms with Gasteiger partial charge in [0.25, 0.3) is 0 Å². The third kappa shape index (κ3) is 4.10. The van der Waals surface area contributed by atoms with Gasteiger partial charge in [0.15, 0.2) is 0 Å². The minimum Gasteiger partial charge on any atom is -0.456 e. The smallest absolute Gasteiger partial charge is 0.136 e. The Balaban J connectivity index is 1.15. The summed E-state index contributed by atoms with van der Waals surface area (Å²) in [5.41, 5.74) is 9.20. The Kier molecular flexibility index (Phi) is 5.64. The molecule has 0 atom stereocenters. The number of rotatable bonds is 3. The van der Waals surface area contributed by atoms with E-state index >= 15 is 0 Å². The first kappa shape index (κ1) is 26.1. The minimum absolute atomic E-state index is 0.915. The second kappa shape index (κ2) is 10.2. The third-order valence-electron chi connectivity index (χ3n) is 9.81. The molecule has 0 fully saturated rings. The highest BCUT2D eigenvalue weighted by Crippen LogP contribution is 2.45. The highest BCUT2D eigenvalue weighted by molar-refractivity contribution is 6.22. The molecule has 1 nitrogen and oxygen atoms in total. The molecule has 0 unspecified atom stereocenters. The van der Waals surface area contributed by atoms with E-state index in [1.54, 1.807) is 0 Å². The van der Waals surface area contributed by atoms with E-state index in [9.17, 15) is 0 Å². The van der Waals surface area contributed by atoms with E-state index in [4.69, 9.17) is 4.42 Å². The molecule has 0 bridgehead atoms. The van der Waals surface area contributed by atoms with Crippen LogP contribution in [-0.2, 0) is 0 Å². The van der Waals surface area contributed by atoms with E-state index in [-0.39, 0.29) is 0 Å².